The first-order valence-corrected chi connectivity index (χ1v) is 12.8. The number of nitrogens with one attached hydrogen (secondary N) is 3. The van der Waals surface area contributed by atoms with Gasteiger partial charge in [-0.25, -0.2) is 0 Å². The van der Waals surface area contributed by atoms with Crippen LogP contribution in [-0.4, -0.2) is 58.5 Å². The second-order valence-corrected chi connectivity index (χ2v) is 10.4. The first kappa shape index (κ1) is 20.2. The van der Waals surface area contributed by atoms with Crippen molar-refractivity contribution >= 4 is 55.4 Å². The molecule has 0 bridgehead atoms. The van der Waals surface area contributed by atoms with E-state index in [9.17, 15) is 9.59 Å². The molecule has 34 heavy (non-hydrogen) atoms. The van der Waals surface area contributed by atoms with E-state index in [1.54, 1.807) is 11.3 Å². The molecular formula is C26H25N5O2S. The van der Waals surface area contributed by atoms with Crippen LogP contribution in [0, 0.1) is 0 Å². The number of amides is 2. The van der Waals surface area contributed by atoms with Crippen molar-refractivity contribution in [3.8, 4) is 0 Å². The molecule has 0 aliphatic carbocycles. The molecule has 2 amide bonds. The molecule has 3 aromatic heterocycles. The Morgan fingerprint density at radius 2 is 1.82 bits per heavy atom. The van der Waals surface area contributed by atoms with Crippen molar-refractivity contribution in [3.63, 3.8) is 0 Å². The Kier molecular flexibility index (Phi) is 4.55. The maximum absolute atomic E-state index is 13.2. The molecule has 8 heteroatoms. The third-order valence-corrected chi connectivity index (χ3v) is 8.60. The molecule has 7 nitrogen and oxygen atoms in total. The lowest BCUT2D eigenvalue weighted by Crippen LogP contribution is -2.54. The zero-order valence-corrected chi connectivity index (χ0v) is 19.5. The smallest absolute Gasteiger partial charge is 0.259 e. The average Bonchev–Trinajstić information content (AvgIpc) is 3.61. The normalized spacial score (nSPS) is 23.8. The number of imide groups is 1. The number of nitrogens with zero attached hydrogens (tertiary/aromatic N) is 2. The van der Waals surface area contributed by atoms with E-state index < -0.39 is 0 Å². The standard InChI is InChI=1S/C26H25N5O2S/c32-25-22(18-13-28-20-6-10-34-24(18)20)23(26(33)29-25)19-14-31(21-4-2-1-3-17(19)21)15-5-8-30-9-7-27-12-16(30)11-15/h1-4,6,10,13-16,27-28H,5,7-9,11-12H2,(H,29,32,33). The number of aromatic amines is 1. The topological polar surface area (TPSA) is 82.2 Å². The zero-order valence-electron chi connectivity index (χ0n) is 18.6. The van der Waals surface area contributed by atoms with Gasteiger partial charge in [-0.15, -0.1) is 11.3 Å². The van der Waals surface area contributed by atoms with Crippen LogP contribution >= 0.6 is 11.3 Å². The summed E-state index contributed by atoms with van der Waals surface area (Å²) in [5.74, 6) is -0.646. The molecule has 1 aromatic carbocycles. The van der Waals surface area contributed by atoms with Crippen LogP contribution in [0.2, 0.25) is 0 Å². The van der Waals surface area contributed by atoms with Gasteiger partial charge < -0.3 is 14.9 Å². The summed E-state index contributed by atoms with van der Waals surface area (Å²) >= 11 is 1.58. The van der Waals surface area contributed by atoms with Crippen LogP contribution in [0.25, 0.3) is 32.3 Å². The highest BCUT2D eigenvalue weighted by Crippen LogP contribution is 2.41. The summed E-state index contributed by atoms with van der Waals surface area (Å²) in [7, 11) is 0. The van der Waals surface area contributed by atoms with Crippen LogP contribution in [0.3, 0.4) is 0 Å². The van der Waals surface area contributed by atoms with Gasteiger partial charge in [-0.3, -0.25) is 19.8 Å². The minimum Gasteiger partial charge on any atom is -0.360 e. The molecule has 3 aliphatic heterocycles. The second-order valence-electron chi connectivity index (χ2n) is 9.44. The van der Waals surface area contributed by atoms with Gasteiger partial charge in [0.05, 0.1) is 21.4 Å². The van der Waals surface area contributed by atoms with Crippen molar-refractivity contribution in [2.75, 3.05) is 26.2 Å². The van der Waals surface area contributed by atoms with Crippen LogP contribution in [0.1, 0.15) is 30.0 Å². The molecule has 172 valence electrons. The summed E-state index contributed by atoms with van der Waals surface area (Å²) < 4.78 is 3.35. The van der Waals surface area contributed by atoms with Crippen molar-refractivity contribution in [1.29, 1.82) is 0 Å². The highest BCUT2D eigenvalue weighted by molar-refractivity contribution is 7.17. The second kappa shape index (κ2) is 7.66. The lowest BCUT2D eigenvalue weighted by molar-refractivity contribution is -0.122. The number of hydrogen-bond donors (Lipinski definition) is 3. The first-order chi connectivity index (χ1) is 16.7. The van der Waals surface area contributed by atoms with Crippen LogP contribution in [0.4, 0.5) is 0 Å². The van der Waals surface area contributed by atoms with Gasteiger partial charge in [0.25, 0.3) is 11.8 Å². The van der Waals surface area contributed by atoms with Gasteiger partial charge in [-0.2, -0.15) is 0 Å². The van der Waals surface area contributed by atoms with Crippen LogP contribution < -0.4 is 10.6 Å². The minimum atomic E-state index is -0.326. The number of piperazine rings is 1. The van der Waals surface area contributed by atoms with Crippen LogP contribution in [0.15, 0.2) is 48.1 Å². The number of para-hydroxylation sites is 1. The summed E-state index contributed by atoms with van der Waals surface area (Å²) in [6.45, 7) is 4.29. The fraction of sp³-hybridized carbons (Fsp3) is 0.308. The Balaban J connectivity index is 1.39. The summed E-state index contributed by atoms with van der Waals surface area (Å²) in [5.41, 5.74) is 4.67. The number of piperidine rings is 1. The molecule has 2 saturated heterocycles. The number of benzene rings is 1. The number of rotatable bonds is 3. The summed E-state index contributed by atoms with van der Waals surface area (Å²) in [5, 5.41) is 9.12. The van der Waals surface area contributed by atoms with Crippen molar-refractivity contribution in [1.82, 2.24) is 25.1 Å². The predicted molar refractivity (Wildman–Crippen MR) is 135 cm³/mol. The van der Waals surface area contributed by atoms with E-state index in [0.29, 0.717) is 23.2 Å². The van der Waals surface area contributed by atoms with Gasteiger partial charge >= 0.3 is 0 Å². The number of hydrogen-bond acceptors (Lipinski definition) is 5. The van der Waals surface area contributed by atoms with E-state index in [0.717, 1.165) is 71.3 Å². The Labute approximate surface area is 200 Å². The fourth-order valence-electron chi connectivity index (χ4n) is 6.04. The molecule has 0 radical (unpaired) electrons. The summed E-state index contributed by atoms with van der Waals surface area (Å²) in [6, 6.07) is 11.2. The first-order valence-electron chi connectivity index (χ1n) is 11.9. The van der Waals surface area contributed by atoms with E-state index in [1.807, 2.05) is 23.7 Å². The SMILES string of the molecule is O=C1NC(=O)C(c2c[nH]c3ccsc23)=C1c1cn(C2CCN3CCNCC3C2)c2ccccc12. The Hall–Kier alpha value is -3.20. The third-order valence-electron chi connectivity index (χ3n) is 7.65. The fourth-order valence-corrected chi connectivity index (χ4v) is 6.92. The molecular weight excluding hydrogens is 446 g/mol. The summed E-state index contributed by atoms with van der Waals surface area (Å²) in [4.78, 5) is 32.0. The van der Waals surface area contributed by atoms with Crippen LogP contribution in [-0.2, 0) is 9.59 Å². The molecule has 4 aromatic rings. The monoisotopic (exact) mass is 471 g/mol. The Bertz CT molecular complexity index is 1490. The van der Waals surface area contributed by atoms with Crippen molar-refractivity contribution < 1.29 is 9.59 Å². The van der Waals surface area contributed by atoms with Gasteiger partial charge in [0.1, 0.15) is 0 Å². The van der Waals surface area contributed by atoms with Crippen molar-refractivity contribution in [2.45, 2.75) is 24.9 Å². The van der Waals surface area contributed by atoms with Gasteiger partial charge in [0.2, 0.25) is 0 Å². The van der Waals surface area contributed by atoms with Gasteiger partial charge in [0, 0.05) is 72.7 Å². The van der Waals surface area contributed by atoms with Crippen LogP contribution in [0.5, 0.6) is 0 Å². The average molecular weight is 472 g/mol. The molecule has 3 aliphatic rings. The lowest BCUT2D eigenvalue weighted by atomic mass is 9.95. The molecule has 6 heterocycles. The Morgan fingerprint density at radius 1 is 0.971 bits per heavy atom. The summed E-state index contributed by atoms with van der Waals surface area (Å²) in [6.07, 6.45) is 6.13. The number of thiophene rings is 1. The highest BCUT2D eigenvalue weighted by atomic mass is 32.1. The van der Waals surface area contributed by atoms with Crippen molar-refractivity contribution in [2.24, 2.45) is 0 Å². The van der Waals surface area contributed by atoms with E-state index in [2.05, 4.69) is 49.5 Å². The largest absolute Gasteiger partial charge is 0.360 e. The molecule has 2 unspecified atom stereocenters. The van der Waals surface area contributed by atoms with E-state index in [4.69, 9.17) is 0 Å². The number of fused-ring (bicyclic) bond motifs is 3. The number of carbonyl (C=O) groups is 2. The predicted octanol–water partition coefficient (Wildman–Crippen LogP) is 3.36. The molecule has 3 N–H and O–H groups in total. The van der Waals surface area contributed by atoms with Crippen molar-refractivity contribution in [3.05, 3.63) is 59.2 Å². The van der Waals surface area contributed by atoms with Gasteiger partial charge in [-0.05, 0) is 30.4 Å². The van der Waals surface area contributed by atoms with E-state index in [1.165, 1.54) is 0 Å². The zero-order chi connectivity index (χ0) is 22.8. The third kappa shape index (κ3) is 2.95. The molecule has 2 fully saturated rings. The molecule has 0 saturated carbocycles. The van der Waals surface area contributed by atoms with Gasteiger partial charge in [0.15, 0.2) is 0 Å². The van der Waals surface area contributed by atoms with E-state index in [-0.39, 0.29) is 11.8 Å². The Morgan fingerprint density at radius 3 is 2.74 bits per heavy atom. The maximum atomic E-state index is 13.2. The minimum absolute atomic E-state index is 0.319. The number of carbonyl (C=O) groups excluding carboxylic acids is 2. The molecule has 7 rings (SSSR count). The molecule has 0 spiro atoms. The molecule has 2 atom stereocenters. The maximum Gasteiger partial charge on any atom is 0.259 e. The quantitative estimate of drug-likeness (QED) is 0.400. The highest BCUT2D eigenvalue weighted by Gasteiger charge is 2.37. The number of H-pyrrole nitrogens is 1. The van der Waals surface area contributed by atoms with Gasteiger partial charge in [-0.1, -0.05) is 18.2 Å². The lowest BCUT2D eigenvalue weighted by Gasteiger charge is -2.43. The van der Waals surface area contributed by atoms with E-state index >= 15 is 0 Å². The number of aromatic nitrogens is 2.